The summed E-state index contributed by atoms with van der Waals surface area (Å²) < 4.78 is 5.42. The number of rotatable bonds is 3. The van der Waals surface area contributed by atoms with E-state index in [4.69, 9.17) is 4.74 Å². The van der Waals surface area contributed by atoms with E-state index in [0.717, 1.165) is 22.6 Å². The second kappa shape index (κ2) is 5.43. The van der Waals surface area contributed by atoms with Crippen LogP contribution in [0.5, 0.6) is 5.75 Å². The molecule has 0 amide bonds. The summed E-state index contributed by atoms with van der Waals surface area (Å²) >= 11 is 0. The van der Waals surface area contributed by atoms with Gasteiger partial charge in [-0.2, -0.15) is 0 Å². The first-order chi connectivity index (χ1) is 9.04. The van der Waals surface area contributed by atoms with Crippen molar-refractivity contribution in [1.82, 2.24) is 4.98 Å². The maximum Gasteiger partial charge on any atom is 0.124 e. The summed E-state index contributed by atoms with van der Waals surface area (Å²) in [4.78, 5) is 4.57. The van der Waals surface area contributed by atoms with E-state index in [1.165, 1.54) is 11.1 Å². The van der Waals surface area contributed by atoms with Crippen LogP contribution in [0.4, 0.5) is 0 Å². The van der Waals surface area contributed by atoms with Gasteiger partial charge in [-0.25, -0.2) is 0 Å². The molecular formula is C17H21NO. The van der Waals surface area contributed by atoms with Gasteiger partial charge in [0.05, 0.1) is 12.8 Å². The van der Waals surface area contributed by atoms with Crippen LogP contribution in [0.1, 0.15) is 36.5 Å². The highest BCUT2D eigenvalue weighted by molar-refractivity contribution is 5.67. The van der Waals surface area contributed by atoms with Crippen LogP contribution in [0.3, 0.4) is 0 Å². The van der Waals surface area contributed by atoms with Crippen molar-refractivity contribution >= 4 is 0 Å². The molecule has 0 saturated heterocycles. The fourth-order valence-electron chi connectivity index (χ4n) is 2.53. The third-order valence-corrected chi connectivity index (χ3v) is 3.40. The first kappa shape index (κ1) is 13.6. The van der Waals surface area contributed by atoms with Crippen LogP contribution in [0.2, 0.25) is 0 Å². The highest BCUT2D eigenvalue weighted by Crippen LogP contribution is 2.32. The molecule has 1 aromatic heterocycles. The number of methoxy groups -OCH3 is 1. The zero-order valence-corrected chi connectivity index (χ0v) is 12.3. The molecule has 0 radical (unpaired) electrons. The van der Waals surface area contributed by atoms with Gasteiger partial charge >= 0.3 is 0 Å². The molecule has 0 bridgehead atoms. The Hall–Kier alpha value is -1.83. The van der Waals surface area contributed by atoms with E-state index in [1.807, 2.05) is 12.3 Å². The predicted molar refractivity (Wildman–Crippen MR) is 79.8 cm³/mol. The highest BCUT2D eigenvalue weighted by atomic mass is 16.5. The fraction of sp³-hybridized carbons (Fsp3) is 0.353. The van der Waals surface area contributed by atoms with Gasteiger partial charge in [0.1, 0.15) is 5.75 Å². The molecule has 0 saturated carbocycles. The van der Waals surface area contributed by atoms with Crippen LogP contribution in [-0.4, -0.2) is 12.1 Å². The Morgan fingerprint density at radius 3 is 2.26 bits per heavy atom. The monoisotopic (exact) mass is 255 g/mol. The van der Waals surface area contributed by atoms with Gasteiger partial charge in [0.15, 0.2) is 0 Å². The zero-order chi connectivity index (χ0) is 14.0. The number of aromatic nitrogens is 1. The van der Waals surface area contributed by atoms with Crippen LogP contribution in [0.25, 0.3) is 11.3 Å². The third kappa shape index (κ3) is 2.62. The standard InChI is InChI=1S/C17H21NO/c1-11(2)15-7-6-8-18-16(15)14-9-12(3)17(19-5)13(4)10-14/h6-11H,1-5H3. The molecule has 2 aromatic rings. The Kier molecular flexibility index (Phi) is 3.89. The normalized spacial score (nSPS) is 10.8. The Balaban J connectivity index is 2.60. The maximum absolute atomic E-state index is 5.42. The largest absolute Gasteiger partial charge is 0.496 e. The molecule has 0 aliphatic heterocycles. The Morgan fingerprint density at radius 1 is 1.11 bits per heavy atom. The molecule has 2 heteroatoms. The van der Waals surface area contributed by atoms with Crippen molar-refractivity contribution in [3.8, 4) is 17.0 Å². The van der Waals surface area contributed by atoms with E-state index in [2.05, 4.69) is 50.9 Å². The van der Waals surface area contributed by atoms with Crippen molar-refractivity contribution in [2.24, 2.45) is 0 Å². The number of hydrogen-bond donors (Lipinski definition) is 0. The van der Waals surface area contributed by atoms with Gasteiger partial charge in [0.25, 0.3) is 0 Å². The summed E-state index contributed by atoms with van der Waals surface area (Å²) in [5.41, 5.74) is 5.83. The summed E-state index contributed by atoms with van der Waals surface area (Å²) in [7, 11) is 1.72. The van der Waals surface area contributed by atoms with Crippen LogP contribution in [0, 0.1) is 13.8 Å². The van der Waals surface area contributed by atoms with E-state index in [0.29, 0.717) is 5.92 Å². The molecular weight excluding hydrogens is 234 g/mol. The molecule has 2 rings (SSSR count). The molecule has 2 nitrogen and oxygen atoms in total. The SMILES string of the molecule is COc1c(C)cc(-c2ncccc2C(C)C)cc1C. The van der Waals surface area contributed by atoms with Crippen LogP contribution in [0.15, 0.2) is 30.5 Å². The number of ether oxygens (including phenoxy) is 1. The molecule has 100 valence electrons. The van der Waals surface area contributed by atoms with Gasteiger partial charge in [0, 0.05) is 11.8 Å². The van der Waals surface area contributed by atoms with Crippen molar-refractivity contribution in [2.75, 3.05) is 7.11 Å². The lowest BCUT2D eigenvalue weighted by Crippen LogP contribution is -1.97. The summed E-state index contributed by atoms with van der Waals surface area (Å²) in [6.07, 6.45) is 1.86. The Morgan fingerprint density at radius 2 is 1.74 bits per heavy atom. The molecule has 1 heterocycles. The third-order valence-electron chi connectivity index (χ3n) is 3.40. The zero-order valence-electron chi connectivity index (χ0n) is 12.3. The van der Waals surface area contributed by atoms with Crippen molar-refractivity contribution in [1.29, 1.82) is 0 Å². The number of benzene rings is 1. The first-order valence-corrected chi connectivity index (χ1v) is 6.65. The lowest BCUT2D eigenvalue weighted by atomic mass is 9.95. The summed E-state index contributed by atoms with van der Waals surface area (Å²) in [6, 6.07) is 8.46. The fourth-order valence-corrected chi connectivity index (χ4v) is 2.53. The quantitative estimate of drug-likeness (QED) is 0.805. The minimum absolute atomic E-state index is 0.464. The van der Waals surface area contributed by atoms with Gasteiger partial charge in [-0.15, -0.1) is 0 Å². The number of pyridine rings is 1. The van der Waals surface area contributed by atoms with Crippen molar-refractivity contribution in [2.45, 2.75) is 33.6 Å². The van der Waals surface area contributed by atoms with Gasteiger partial charge in [-0.1, -0.05) is 19.9 Å². The molecule has 0 spiro atoms. The maximum atomic E-state index is 5.42. The van der Waals surface area contributed by atoms with Crippen LogP contribution in [-0.2, 0) is 0 Å². The summed E-state index contributed by atoms with van der Waals surface area (Å²) in [6.45, 7) is 8.55. The minimum Gasteiger partial charge on any atom is -0.496 e. The van der Waals surface area contributed by atoms with Crippen molar-refractivity contribution in [3.05, 3.63) is 47.2 Å². The second-order valence-electron chi connectivity index (χ2n) is 5.24. The summed E-state index contributed by atoms with van der Waals surface area (Å²) in [5, 5.41) is 0. The van der Waals surface area contributed by atoms with E-state index in [1.54, 1.807) is 7.11 Å². The molecule has 19 heavy (non-hydrogen) atoms. The van der Waals surface area contributed by atoms with E-state index < -0.39 is 0 Å². The molecule has 0 aliphatic carbocycles. The minimum atomic E-state index is 0.464. The summed E-state index contributed by atoms with van der Waals surface area (Å²) in [5.74, 6) is 1.43. The van der Waals surface area contributed by atoms with Gasteiger partial charge in [0.2, 0.25) is 0 Å². The van der Waals surface area contributed by atoms with Gasteiger partial charge in [-0.05, 0) is 54.7 Å². The Bertz CT molecular complexity index is 565. The number of hydrogen-bond acceptors (Lipinski definition) is 2. The number of nitrogens with zero attached hydrogens (tertiary/aromatic N) is 1. The topological polar surface area (TPSA) is 22.1 Å². The molecule has 0 atom stereocenters. The smallest absolute Gasteiger partial charge is 0.124 e. The molecule has 0 aliphatic rings. The first-order valence-electron chi connectivity index (χ1n) is 6.65. The molecule has 0 N–H and O–H groups in total. The van der Waals surface area contributed by atoms with E-state index >= 15 is 0 Å². The van der Waals surface area contributed by atoms with Crippen molar-refractivity contribution in [3.63, 3.8) is 0 Å². The molecule has 0 unspecified atom stereocenters. The average molecular weight is 255 g/mol. The van der Waals surface area contributed by atoms with Gasteiger partial charge in [-0.3, -0.25) is 4.98 Å². The van der Waals surface area contributed by atoms with Crippen LogP contribution < -0.4 is 4.74 Å². The average Bonchev–Trinajstić information content (AvgIpc) is 2.38. The van der Waals surface area contributed by atoms with Gasteiger partial charge < -0.3 is 4.74 Å². The Labute approximate surface area is 115 Å². The van der Waals surface area contributed by atoms with E-state index in [-0.39, 0.29) is 0 Å². The second-order valence-corrected chi connectivity index (χ2v) is 5.24. The lowest BCUT2D eigenvalue weighted by molar-refractivity contribution is 0.408. The van der Waals surface area contributed by atoms with Crippen molar-refractivity contribution < 1.29 is 4.74 Å². The predicted octanol–water partition coefficient (Wildman–Crippen LogP) is 4.50. The van der Waals surface area contributed by atoms with E-state index in [9.17, 15) is 0 Å². The lowest BCUT2D eigenvalue weighted by Gasteiger charge is -2.15. The van der Waals surface area contributed by atoms with Crippen LogP contribution >= 0.6 is 0 Å². The number of aryl methyl sites for hydroxylation is 2. The molecule has 0 fully saturated rings. The molecule has 1 aromatic carbocycles. The highest BCUT2D eigenvalue weighted by Gasteiger charge is 2.12.